The lowest BCUT2D eigenvalue weighted by Crippen LogP contribution is -2.18. The zero-order valence-electron chi connectivity index (χ0n) is 17.8. The van der Waals surface area contributed by atoms with Crippen molar-refractivity contribution in [3.05, 3.63) is 84.2 Å². The van der Waals surface area contributed by atoms with Crippen LogP contribution in [0.4, 0.5) is 0 Å². The molecule has 1 N–H and O–H groups in total. The van der Waals surface area contributed by atoms with E-state index in [2.05, 4.69) is 67.4 Å². The molecule has 150 valence electrons. The minimum atomic E-state index is 0.760. The molecule has 5 rings (SSSR count). The molecule has 0 amide bonds. The molecular weight excluding hydrogens is 350 g/mol. The first kappa shape index (κ1) is 19.8. The number of rotatable bonds is 4. The number of hydrogen-bond donors (Lipinski definition) is 1. The monoisotopic (exact) mass is 383 g/mol. The van der Waals surface area contributed by atoms with Gasteiger partial charge >= 0.3 is 0 Å². The highest BCUT2D eigenvalue weighted by atomic mass is 14.6. The van der Waals surface area contributed by atoms with Crippen LogP contribution in [0, 0.1) is 5.92 Å². The zero-order chi connectivity index (χ0) is 20.1. The summed E-state index contributed by atoms with van der Waals surface area (Å²) in [6.07, 6.45) is 11.8. The van der Waals surface area contributed by atoms with Gasteiger partial charge in [-0.2, -0.15) is 0 Å². The van der Waals surface area contributed by atoms with Crippen molar-refractivity contribution in [1.82, 2.24) is 4.98 Å². The van der Waals surface area contributed by atoms with Crippen LogP contribution in [-0.2, 0) is 6.42 Å². The van der Waals surface area contributed by atoms with Crippen LogP contribution in [0.5, 0.6) is 0 Å². The fourth-order valence-corrected chi connectivity index (χ4v) is 5.01. The molecule has 2 unspecified atom stereocenters. The lowest BCUT2D eigenvalue weighted by atomic mass is 9.72. The molecule has 2 atom stereocenters. The van der Waals surface area contributed by atoms with Gasteiger partial charge in [-0.1, -0.05) is 81.6 Å². The second kappa shape index (κ2) is 9.31. The van der Waals surface area contributed by atoms with E-state index in [1.807, 2.05) is 24.5 Å². The first-order valence-corrected chi connectivity index (χ1v) is 11.3. The molecule has 0 aliphatic heterocycles. The van der Waals surface area contributed by atoms with Gasteiger partial charge in [0.25, 0.3) is 0 Å². The highest BCUT2D eigenvalue weighted by Crippen LogP contribution is 2.43. The average molecular weight is 384 g/mol. The molecule has 0 saturated heterocycles. The number of unbranched alkanes of at least 4 members (excludes halogenated alkanes) is 2. The van der Waals surface area contributed by atoms with Crippen molar-refractivity contribution in [3.63, 3.8) is 0 Å². The summed E-state index contributed by atoms with van der Waals surface area (Å²) in [6.45, 7) is 4.76. The predicted octanol–water partition coefficient (Wildman–Crippen LogP) is 8.25. The summed E-state index contributed by atoms with van der Waals surface area (Å²) in [5, 5.41) is 5.69. The summed E-state index contributed by atoms with van der Waals surface area (Å²) in [6, 6.07) is 22.2. The number of benzene rings is 3. The molecule has 1 heteroatoms. The smallest absolute Gasteiger partial charge is 0.000496 e. The number of nitrogens with one attached hydrogen (secondary N) is 1. The number of aryl methyl sites for hydroxylation is 1. The van der Waals surface area contributed by atoms with Gasteiger partial charge < -0.3 is 4.98 Å². The van der Waals surface area contributed by atoms with E-state index in [9.17, 15) is 0 Å². The maximum atomic E-state index is 2.86. The van der Waals surface area contributed by atoms with E-state index in [0.717, 1.165) is 11.8 Å². The molecule has 1 aliphatic carbocycles. The van der Waals surface area contributed by atoms with Gasteiger partial charge in [-0.3, -0.25) is 0 Å². The van der Waals surface area contributed by atoms with Crippen molar-refractivity contribution < 1.29 is 0 Å². The van der Waals surface area contributed by atoms with E-state index in [-0.39, 0.29) is 0 Å². The van der Waals surface area contributed by atoms with Crippen LogP contribution in [0.15, 0.2) is 73.1 Å². The van der Waals surface area contributed by atoms with Gasteiger partial charge in [0, 0.05) is 12.4 Å². The molecule has 1 nitrogen and oxygen atoms in total. The maximum absolute atomic E-state index is 2.86. The van der Waals surface area contributed by atoms with E-state index in [1.165, 1.54) is 60.1 Å². The van der Waals surface area contributed by atoms with Crippen molar-refractivity contribution in [2.75, 3.05) is 0 Å². The minimum absolute atomic E-state index is 0.760. The molecule has 1 aromatic heterocycles. The third kappa shape index (κ3) is 4.24. The van der Waals surface area contributed by atoms with Gasteiger partial charge in [0.1, 0.15) is 0 Å². The van der Waals surface area contributed by atoms with Crippen LogP contribution in [0.3, 0.4) is 0 Å². The highest BCUT2D eigenvalue weighted by molar-refractivity contribution is 6.08. The molecule has 0 radical (unpaired) electrons. The lowest BCUT2D eigenvalue weighted by molar-refractivity contribution is 0.374. The largest absolute Gasteiger partial charge is 0.368 e. The van der Waals surface area contributed by atoms with Gasteiger partial charge in [0.2, 0.25) is 0 Å². The standard InChI is InChI=1S/C24H28.C4H5N/c1-3-4-5-9-19-17(2)11-13-23-21(19)15-16-22-20-10-7-6-8-18(20)12-14-24(22)23;1-2-4-5-3-1/h6-8,10,12,14-17,19H,3-5,9,11,13H2,1-2H3;1-5H. The quantitative estimate of drug-likeness (QED) is 0.270. The summed E-state index contributed by atoms with van der Waals surface area (Å²) in [5.41, 5.74) is 3.28. The number of aromatic amines is 1. The summed E-state index contributed by atoms with van der Waals surface area (Å²) < 4.78 is 0. The van der Waals surface area contributed by atoms with Crippen LogP contribution < -0.4 is 0 Å². The molecule has 1 aliphatic rings. The fourth-order valence-electron chi connectivity index (χ4n) is 5.01. The molecule has 0 fully saturated rings. The van der Waals surface area contributed by atoms with E-state index in [1.54, 1.807) is 11.1 Å². The van der Waals surface area contributed by atoms with Gasteiger partial charge in [-0.25, -0.2) is 0 Å². The van der Waals surface area contributed by atoms with Gasteiger partial charge in [0.05, 0.1) is 0 Å². The summed E-state index contributed by atoms with van der Waals surface area (Å²) in [5.74, 6) is 1.59. The SMILES string of the molecule is CCCCCC1c2ccc3c(ccc4ccccc43)c2CCC1C.c1cc[nH]c1. The Balaban J connectivity index is 0.000000359. The summed E-state index contributed by atoms with van der Waals surface area (Å²) in [7, 11) is 0. The maximum Gasteiger partial charge on any atom is 0.000496 e. The Morgan fingerprint density at radius 3 is 2.38 bits per heavy atom. The van der Waals surface area contributed by atoms with Crippen molar-refractivity contribution in [3.8, 4) is 0 Å². The first-order chi connectivity index (χ1) is 14.3. The number of fused-ring (bicyclic) bond motifs is 5. The predicted molar refractivity (Wildman–Crippen MR) is 127 cm³/mol. The van der Waals surface area contributed by atoms with Crippen molar-refractivity contribution in [2.45, 2.75) is 58.3 Å². The van der Waals surface area contributed by atoms with Crippen LogP contribution in [0.1, 0.15) is 63.0 Å². The molecule has 0 spiro atoms. The number of aromatic nitrogens is 1. The Bertz CT molecular complexity index is 1030. The van der Waals surface area contributed by atoms with Crippen molar-refractivity contribution in [2.24, 2.45) is 5.92 Å². The Morgan fingerprint density at radius 1 is 0.828 bits per heavy atom. The van der Waals surface area contributed by atoms with E-state index >= 15 is 0 Å². The van der Waals surface area contributed by atoms with Gasteiger partial charge in [-0.15, -0.1) is 0 Å². The van der Waals surface area contributed by atoms with Crippen LogP contribution in [0.2, 0.25) is 0 Å². The Kier molecular flexibility index (Phi) is 6.34. The number of hydrogen-bond acceptors (Lipinski definition) is 0. The van der Waals surface area contributed by atoms with E-state index in [4.69, 9.17) is 0 Å². The van der Waals surface area contributed by atoms with E-state index in [0.29, 0.717) is 0 Å². The molecule has 1 heterocycles. The van der Waals surface area contributed by atoms with Crippen LogP contribution >= 0.6 is 0 Å². The molecule has 3 aromatic carbocycles. The first-order valence-electron chi connectivity index (χ1n) is 11.3. The Morgan fingerprint density at radius 2 is 1.62 bits per heavy atom. The van der Waals surface area contributed by atoms with Crippen LogP contribution in [-0.4, -0.2) is 4.98 Å². The van der Waals surface area contributed by atoms with Crippen molar-refractivity contribution in [1.29, 1.82) is 0 Å². The molecule has 4 aromatic rings. The third-order valence-electron chi connectivity index (χ3n) is 6.62. The van der Waals surface area contributed by atoms with Crippen LogP contribution in [0.25, 0.3) is 21.5 Å². The second-order valence-corrected chi connectivity index (χ2v) is 8.52. The molecule has 0 saturated carbocycles. The van der Waals surface area contributed by atoms with Gasteiger partial charge in [0.15, 0.2) is 0 Å². The Hall–Kier alpha value is -2.54. The Labute approximate surface area is 175 Å². The molecule has 29 heavy (non-hydrogen) atoms. The minimum Gasteiger partial charge on any atom is -0.368 e. The fraction of sp³-hybridized carbons (Fsp3) is 0.357. The molecule has 0 bridgehead atoms. The highest BCUT2D eigenvalue weighted by Gasteiger charge is 2.27. The molecular formula is C28H33N. The third-order valence-corrected chi connectivity index (χ3v) is 6.62. The lowest BCUT2D eigenvalue weighted by Gasteiger charge is -2.32. The zero-order valence-corrected chi connectivity index (χ0v) is 17.8. The average Bonchev–Trinajstić information content (AvgIpc) is 3.35. The second-order valence-electron chi connectivity index (χ2n) is 8.52. The number of H-pyrrole nitrogens is 1. The summed E-state index contributed by atoms with van der Waals surface area (Å²) >= 11 is 0. The van der Waals surface area contributed by atoms with E-state index < -0.39 is 0 Å². The van der Waals surface area contributed by atoms with Crippen molar-refractivity contribution >= 4 is 21.5 Å². The topological polar surface area (TPSA) is 15.8 Å². The normalized spacial score (nSPS) is 18.3. The summed E-state index contributed by atoms with van der Waals surface area (Å²) in [4.78, 5) is 2.86. The van der Waals surface area contributed by atoms with Gasteiger partial charge in [-0.05, 0) is 75.9 Å².